The van der Waals surface area contributed by atoms with Gasteiger partial charge in [0.1, 0.15) is 23.2 Å². The Morgan fingerprint density at radius 1 is 1.18 bits per heavy atom. The van der Waals surface area contributed by atoms with Gasteiger partial charge in [0.15, 0.2) is 35.1 Å². The van der Waals surface area contributed by atoms with Crippen LogP contribution in [0.3, 0.4) is 0 Å². The summed E-state index contributed by atoms with van der Waals surface area (Å²) >= 11 is 5.49. The minimum absolute atomic E-state index is 0.0811. The number of benzene rings is 2. The smallest absolute Gasteiger partial charge is 0.418 e. The summed E-state index contributed by atoms with van der Waals surface area (Å²) in [7, 11) is -3.25. The summed E-state index contributed by atoms with van der Waals surface area (Å²) in [6, 6.07) is 0.507. The fourth-order valence-electron chi connectivity index (χ4n) is 2.53. The Morgan fingerprint density at radius 3 is 2.45 bits per heavy atom. The summed E-state index contributed by atoms with van der Waals surface area (Å²) in [5.41, 5.74) is -3.40. The van der Waals surface area contributed by atoms with Crippen LogP contribution in [0.5, 0.6) is 17.2 Å². The number of methoxy groups -OCH3 is 1. The highest BCUT2D eigenvalue weighted by atomic mass is 35.5. The van der Waals surface area contributed by atoms with Crippen LogP contribution in [0.1, 0.15) is 20.0 Å². The molecule has 1 amide bonds. The molecule has 0 aliphatic heterocycles. The lowest BCUT2D eigenvalue weighted by Crippen LogP contribution is -2.27. The third-order valence-corrected chi connectivity index (χ3v) is 4.31. The maximum Gasteiger partial charge on any atom is 0.418 e. The second-order valence-corrected chi connectivity index (χ2v) is 6.51. The van der Waals surface area contributed by atoms with Crippen molar-refractivity contribution >= 4 is 23.2 Å². The van der Waals surface area contributed by atoms with E-state index >= 15 is 0 Å². The Hall–Kier alpha value is -3.74. The SMILES string of the molecule is [2H]C([2H])([2H])Oc1cc(F)c(F)cc1Oc1cc(C(F)(F)F)c(Cl)c(F)c1C(=O)Nc1cnc[n+]([O-])c1. The summed E-state index contributed by atoms with van der Waals surface area (Å²) in [6.07, 6.45) is -2.77. The lowest BCUT2D eigenvalue weighted by atomic mass is 10.1. The first-order valence-corrected chi connectivity index (χ1v) is 8.75. The lowest BCUT2D eigenvalue weighted by Gasteiger charge is -2.18. The largest absolute Gasteiger partial charge is 0.711 e. The minimum atomic E-state index is -5.27. The van der Waals surface area contributed by atoms with Crippen molar-refractivity contribution in [1.29, 1.82) is 0 Å². The molecule has 33 heavy (non-hydrogen) atoms. The van der Waals surface area contributed by atoms with Crippen LogP contribution in [0, 0.1) is 22.7 Å². The number of halogens is 7. The van der Waals surface area contributed by atoms with Crippen LogP contribution in [0.2, 0.25) is 5.02 Å². The van der Waals surface area contributed by atoms with E-state index in [-0.39, 0.29) is 28.6 Å². The van der Waals surface area contributed by atoms with Crippen LogP contribution >= 0.6 is 11.6 Å². The number of hydrogen-bond donors (Lipinski definition) is 1. The third-order valence-electron chi connectivity index (χ3n) is 3.94. The number of rotatable bonds is 5. The van der Waals surface area contributed by atoms with E-state index < -0.39 is 70.0 Å². The summed E-state index contributed by atoms with van der Waals surface area (Å²) in [4.78, 5) is 16.2. The summed E-state index contributed by atoms with van der Waals surface area (Å²) in [5, 5.41) is 11.8. The molecule has 174 valence electrons. The topological polar surface area (TPSA) is 87.4 Å². The lowest BCUT2D eigenvalue weighted by molar-refractivity contribution is -0.608. The first-order chi connectivity index (χ1) is 16.6. The number of hydrogen-bond acceptors (Lipinski definition) is 5. The van der Waals surface area contributed by atoms with Crippen LogP contribution in [-0.2, 0) is 6.18 Å². The highest BCUT2D eigenvalue weighted by Crippen LogP contribution is 2.43. The molecule has 7 nitrogen and oxygen atoms in total. The van der Waals surface area contributed by atoms with E-state index in [4.69, 9.17) is 20.5 Å². The Bertz CT molecular complexity index is 1340. The molecule has 0 spiro atoms. The fraction of sp³-hybridized carbons (Fsp3) is 0.105. The molecular formula is C19H10ClF6N3O4. The van der Waals surface area contributed by atoms with Gasteiger partial charge in [0.05, 0.1) is 21.7 Å². The van der Waals surface area contributed by atoms with Gasteiger partial charge in [-0.05, 0) is 6.07 Å². The standard InChI is InChI=1S/C19H10ClF6N3O4/c1-32-12-3-10(21)11(22)4-13(12)33-14-2-9(19(24,25)26)16(20)17(23)15(14)18(30)28-8-5-27-7-29(31)6-8/h2-7H,1H3,(H,28,30)/i1D3. The van der Waals surface area contributed by atoms with Crippen molar-refractivity contribution in [2.75, 3.05) is 12.4 Å². The fourth-order valence-corrected chi connectivity index (χ4v) is 2.79. The second-order valence-electron chi connectivity index (χ2n) is 6.13. The predicted molar refractivity (Wildman–Crippen MR) is 101 cm³/mol. The van der Waals surface area contributed by atoms with Gasteiger partial charge in [0.25, 0.3) is 12.2 Å². The van der Waals surface area contributed by atoms with E-state index in [1.807, 2.05) is 5.32 Å². The van der Waals surface area contributed by atoms with E-state index in [1.54, 1.807) is 0 Å². The van der Waals surface area contributed by atoms with Gasteiger partial charge >= 0.3 is 6.18 Å². The Labute approximate surface area is 189 Å². The second kappa shape index (κ2) is 9.02. The van der Waals surface area contributed by atoms with Gasteiger partial charge in [-0.1, -0.05) is 16.6 Å². The molecule has 3 rings (SSSR count). The Morgan fingerprint density at radius 2 is 1.85 bits per heavy atom. The number of carbonyl (C=O) groups is 1. The summed E-state index contributed by atoms with van der Waals surface area (Å²) in [6.45, 7) is 0. The first-order valence-electron chi connectivity index (χ1n) is 9.87. The molecule has 0 fully saturated rings. The van der Waals surface area contributed by atoms with Gasteiger partial charge < -0.3 is 20.0 Å². The maximum absolute atomic E-state index is 15.0. The van der Waals surface area contributed by atoms with Gasteiger partial charge in [0, 0.05) is 12.1 Å². The first kappa shape index (κ1) is 19.9. The average molecular weight is 497 g/mol. The highest BCUT2D eigenvalue weighted by molar-refractivity contribution is 6.32. The molecule has 0 aliphatic carbocycles. The van der Waals surface area contributed by atoms with Gasteiger partial charge in [-0.2, -0.15) is 13.2 Å². The van der Waals surface area contributed by atoms with E-state index in [2.05, 4.69) is 9.72 Å². The molecule has 0 radical (unpaired) electrons. The molecule has 1 N–H and O–H groups in total. The third kappa shape index (κ3) is 5.03. The van der Waals surface area contributed by atoms with Crippen molar-refractivity contribution in [1.82, 2.24) is 4.98 Å². The number of nitrogens with one attached hydrogen (secondary N) is 1. The van der Waals surface area contributed by atoms with Gasteiger partial charge in [0.2, 0.25) is 0 Å². The molecule has 0 saturated heterocycles. The summed E-state index contributed by atoms with van der Waals surface area (Å²) in [5.74, 6) is -9.95. The number of ether oxygens (including phenoxy) is 2. The molecule has 1 heterocycles. The van der Waals surface area contributed by atoms with Crippen molar-refractivity contribution in [2.24, 2.45) is 0 Å². The van der Waals surface area contributed by atoms with Crippen molar-refractivity contribution in [3.63, 3.8) is 0 Å². The molecule has 14 heteroatoms. The van der Waals surface area contributed by atoms with Crippen molar-refractivity contribution < 1.29 is 49.5 Å². The number of alkyl halides is 3. The Balaban J connectivity index is 2.19. The molecule has 0 atom stereocenters. The van der Waals surface area contributed by atoms with Crippen LogP contribution in [0.25, 0.3) is 0 Å². The van der Waals surface area contributed by atoms with Crippen LogP contribution in [-0.4, -0.2) is 17.9 Å². The Kier molecular flexibility index (Phi) is 5.44. The molecule has 1 aromatic heterocycles. The number of carbonyl (C=O) groups excluding carboxylic acids is 1. The van der Waals surface area contributed by atoms with E-state index in [9.17, 15) is 36.3 Å². The molecule has 0 bridgehead atoms. The van der Waals surface area contributed by atoms with Crippen LogP contribution in [0.15, 0.2) is 36.9 Å². The molecule has 3 aromatic rings. The number of nitrogens with zero attached hydrogens (tertiary/aromatic N) is 2. The quantitative estimate of drug-likeness (QED) is 0.310. The monoisotopic (exact) mass is 496 g/mol. The zero-order valence-corrected chi connectivity index (χ0v) is 16.4. The molecule has 0 saturated carbocycles. The van der Waals surface area contributed by atoms with E-state index in [0.29, 0.717) is 0 Å². The molecule has 2 aromatic carbocycles. The predicted octanol–water partition coefficient (Wildman–Crippen LogP) is 4.86. The number of aromatic nitrogens is 2. The number of anilines is 1. The van der Waals surface area contributed by atoms with E-state index in [0.717, 1.165) is 18.7 Å². The summed E-state index contributed by atoms with van der Waals surface area (Å²) < 4.78 is 114. The van der Waals surface area contributed by atoms with Crippen molar-refractivity contribution in [3.8, 4) is 17.2 Å². The van der Waals surface area contributed by atoms with Gasteiger partial charge in [-0.3, -0.25) is 4.79 Å². The zero-order valence-electron chi connectivity index (χ0n) is 18.6. The van der Waals surface area contributed by atoms with Crippen molar-refractivity contribution in [3.05, 3.63) is 75.7 Å². The average Bonchev–Trinajstić information content (AvgIpc) is 2.72. The minimum Gasteiger partial charge on any atom is -0.711 e. The molecule has 0 unspecified atom stereocenters. The van der Waals surface area contributed by atoms with Crippen molar-refractivity contribution in [2.45, 2.75) is 6.18 Å². The van der Waals surface area contributed by atoms with Gasteiger partial charge in [-0.15, -0.1) is 0 Å². The highest BCUT2D eigenvalue weighted by Gasteiger charge is 2.38. The molecular weight excluding hydrogens is 484 g/mol. The maximum atomic E-state index is 15.0. The van der Waals surface area contributed by atoms with Gasteiger partial charge in [-0.25, -0.2) is 17.9 Å². The van der Waals surface area contributed by atoms with E-state index in [1.165, 1.54) is 0 Å². The van der Waals surface area contributed by atoms with Crippen LogP contribution in [0.4, 0.5) is 32.0 Å². The zero-order chi connectivity index (χ0) is 27.0. The normalized spacial score (nSPS) is 13.0. The number of amides is 1. The van der Waals surface area contributed by atoms with Crippen LogP contribution < -0.4 is 19.5 Å². The molecule has 0 aliphatic rings.